The van der Waals surface area contributed by atoms with E-state index in [2.05, 4.69) is 26.5 Å². The van der Waals surface area contributed by atoms with E-state index in [0.717, 1.165) is 10.0 Å². The van der Waals surface area contributed by atoms with Crippen molar-refractivity contribution in [3.8, 4) is 11.5 Å². The molecule has 0 aliphatic rings. The number of halogens is 1. The van der Waals surface area contributed by atoms with Gasteiger partial charge in [-0.25, -0.2) is 5.43 Å². The molecule has 0 aliphatic carbocycles. The summed E-state index contributed by atoms with van der Waals surface area (Å²) in [6, 6.07) is 12.7. The molecule has 0 saturated carbocycles. The number of amides is 1. The highest BCUT2D eigenvalue weighted by molar-refractivity contribution is 9.10. The van der Waals surface area contributed by atoms with Gasteiger partial charge in [0.1, 0.15) is 11.5 Å². The van der Waals surface area contributed by atoms with Gasteiger partial charge in [-0.3, -0.25) is 4.79 Å². The molecule has 0 aromatic heterocycles. The Morgan fingerprint density at radius 2 is 1.78 bits per heavy atom. The van der Waals surface area contributed by atoms with Crippen LogP contribution in [-0.4, -0.2) is 25.8 Å². The third kappa shape index (κ3) is 4.32. The standard InChI is InChI=1S/C17H17BrN2O3/c1-11(12-4-6-13(18)7-5-12)19-20-17(21)15-9-8-14(22-2)10-16(15)23-3/h4-10H,1-3H3,(H,20,21)/b19-11-. The lowest BCUT2D eigenvalue weighted by Gasteiger charge is -2.09. The monoisotopic (exact) mass is 376 g/mol. The normalized spacial score (nSPS) is 11.0. The topological polar surface area (TPSA) is 59.9 Å². The van der Waals surface area contributed by atoms with Crippen LogP contribution in [0.3, 0.4) is 0 Å². The second kappa shape index (κ2) is 7.78. The van der Waals surface area contributed by atoms with Crippen molar-refractivity contribution in [2.24, 2.45) is 5.10 Å². The molecule has 0 aliphatic heterocycles. The minimum Gasteiger partial charge on any atom is -0.497 e. The number of carbonyl (C=O) groups excluding carboxylic acids is 1. The summed E-state index contributed by atoms with van der Waals surface area (Å²) in [5.74, 6) is 0.701. The van der Waals surface area contributed by atoms with Crippen LogP contribution in [-0.2, 0) is 0 Å². The van der Waals surface area contributed by atoms with Gasteiger partial charge in [-0.2, -0.15) is 5.10 Å². The summed E-state index contributed by atoms with van der Waals surface area (Å²) in [7, 11) is 3.06. The number of hydrogen-bond donors (Lipinski definition) is 1. The van der Waals surface area contributed by atoms with Gasteiger partial charge in [0.05, 0.1) is 25.5 Å². The van der Waals surface area contributed by atoms with Gasteiger partial charge < -0.3 is 9.47 Å². The number of hydrogen-bond acceptors (Lipinski definition) is 4. The highest BCUT2D eigenvalue weighted by atomic mass is 79.9. The van der Waals surface area contributed by atoms with E-state index in [-0.39, 0.29) is 5.91 Å². The van der Waals surface area contributed by atoms with Crippen LogP contribution in [0.25, 0.3) is 0 Å². The molecule has 120 valence electrons. The SMILES string of the molecule is COc1ccc(C(=O)N/N=C(/C)c2ccc(Br)cc2)c(OC)c1. The van der Waals surface area contributed by atoms with Crippen LogP contribution in [0.2, 0.25) is 0 Å². The second-order valence-electron chi connectivity index (χ2n) is 4.71. The van der Waals surface area contributed by atoms with E-state index in [1.165, 1.54) is 7.11 Å². The largest absolute Gasteiger partial charge is 0.497 e. The molecule has 1 N–H and O–H groups in total. The predicted octanol–water partition coefficient (Wildman–Crippen LogP) is 3.62. The van der Waals surface area contributed by atoms with E-state index >= 15 is 0 Å². The van der Waals surface area contributed by atoms with Gasteiger partial charge in [0.15, 0.2) is 0 Å². The molecule has 0 spiro atoms. The van der Waals surface area contributed by atoms with E-state index in [9.17, 15) is 4.79 Å². The Kier molecular flexibility index (Phi) is 5.76. The number of benzene rings is 2. The zero-order valence-electron chi connectivity index (χ0n) is 13.1. The summed E-state index contributed by atoms with van der Waals surface area (Å²) in [4.78, 5) is 12.3. The molecule has 0 fully saturated rings. The number of nitrogens with one attached hydrogen (secondary N) is 1. The summed E-state index contributed by atoms with van der Waals surface area (Å²) in [5.41, 5.74) is 4.56. The first-order valence-corrected chi connectivity index (χ1v) is 7.67. The molecule has 0 bridgehead atoms. The van der Waals surface area contributed by atoms with Crippen molar-refractivity contribution in [1.82, 2.24) is 5.43 Å². The molecule has 0 unspecified atom stereocenters. The quantitative estimate of drug-likeness (QED) is 0.640. The summed E-state index contributed by atoms with van der Waals surface area (Å²) < 4.78 is 11.3. The van der Waals surface area contributed by atoms with Crippen molar-refractivity contribution in [3.05, 3.63) is 58.1 Å². The lowest BCUT2D eigenvalue weighted by atomic mass is 10.1. The molecule has 0 radical (unpaired) electrons. The number of carbonyl (C=O) groups is 1. The van der Waals surface area contributed by atoms with Gasteiger partial charge in [-0.1, -0.05) is 28.1 Å². The third-order valence-electron chi connectivity index (χ3n) is 3.24. The average molecular weight is 377 g/mol. The number of ether oxygens (including phenoxy) is 2. The average Bonchev–Trinajstić information content (AvgIpc) is 2.59. The van der Waals surface area contributed by atoms with E-state index in [1.54, 1.807) is 25.3 Å². The first-order chi connectivity index (χ1) is 11.0. The number of nitrogens with zero attached hydrogens (tertiary/aromatic N) is 1. The lowest BCUT2D eigenvalue weighted by Crippen LogP contribution is -2.20. The molecule has 23 heavy (non-hydrogen) atoms. The van der Waals surface area contributed by atoms with Gasteiger partial charge in [0.25, 0.3) is 5.91 Å². The van der Waals surface area contributed by atoms with Gasteiger partial charge in [0.2, 0.25) is 0 Å². The van der Waals surface area contributed by atoms with Crippen LogP contribution in [0.15, 0.2) is 52.0 Å². The van der Waals surface area contributed by atoms with E-state index in [0.29, 0.717) is 22.8 Å². The van der Waals surface area contributed by atoms with Crippen LogP contribution in [0.4, 0.5) is 0 Å². The minimum atomic E-state index is -0.346. The Morgan fingerprint density at radius 3 is 2.39 bits per heavy atom. The molecular formula is C17H17BrN2O3. The molecule has 5 nitrogen and oxygen atoms in total. The van der Waals surface area contributed by atoms with Crippen LogP contribution >= 0.6 is 15.9 Å². The first-order valence-electron chi connectivity index (χ1n) is 6.87. The third-order valence-corrected chi connectivity index (χ3v) is 3.77. The molecule has 6 heteroatoms. The fourth-order valence-corrected chi connectivity index (χ4v) is 2.20. The molecular weight excluding hydrogens is 360 g/mol. The zero-order chi connectivity index (χ0) is 16.8. The molecule has 0 atom stereocenters. The van der Waals surface area contributed by atoms with Crippen molar-refractivity contribution in [2.45, 2.75) is 6.92 Å². The number of rotatable bonds is 5. The fourth-order valence-electron chi connectivity index (χ4n) is 1.94. The summed E-state index contributed by atoms with van der Waals surface area (Å²) in [5, 5.41) is 4.13. The minimum absolute atomic E-state index is 0.346. The highest BCUT2D eigenvalue weighted by Gasteiger charge is 2.13. The van der Waals surface area contributed by atoms with E-state index in [4.69, 9.17) is 9.47 Å². The maximum atomic E-state index is 12.3. The molecule has 2 aromatic carbocycles. The van der Waals surface area contributed by atoms with Crippen LogP contribution < -0.4 is 14.9 Å². The Bertz CT molecular complexity index is 727. The van der Waals surface area contributed by atoms with E-state index in [1.807, 2.05) is 31.2 Å². The molecule has 1 amide bonds. The van der Waals surface area contributed by atoms with Crippen molar-refractivity contribution in [1.29, 1.82) is 0 Å². The zero-order valence-corrected chi connectivity index (χ0v) is 14.7. The Morgan fingerprint density at radius 1 is 1.09 bits per heavy atom. The molecule has 0 heterocycles. The van der Waals surface area contributed by atoms with Gasteiger partial charge >= 0.3 is 0 Å². The predicted molar refractivity (Wildman–Crippen MR) is 93.4 cm³/mol. The maximum Gasteiger partial charge on any atom is 0.275 e. The number of hydrazone groups is 1. The van der Waals surface area contributed by atoms with Gasteiger partial charge in [-0.15, -0.1) is 0 Å². The molecule has 2 aromatic rings. The Balaban J connectivity index is 2.15. The van der Waals surface area contributed by atoms with Crippen molar-refractivity contribution in [3.63, 3.8) is 0 Å². The van der Waals surface area contributed by atoms with Crippen molar-refractivity contribution in [2.75, 3.05) is 14.2 Å². The van der Waals surface area contributed by atoms with Crippen molar-refractivity contribution >= 4 is 27.5 Å². The summed E-state index contributed by atoms with van der Waals surface area (Å²) in [6.45, 7) is 1.83. The Labute approximate surface area is 143 Å². The highest BCUT2D eigenvalue weighted by Crippen LogP contribution is 2.24. The summed E-state index contributed by atoms with van der Waals surface area (Å²) in [6.07, 6.45) is 0. The lowest BCUT2D eigenvalue weighted by molar-refractivity contribution is 0.0952. The van der Waals surface area contributed by atoms with Gasteiger partial charge in [-0.05, 0) is 36.8 Å². The smallest absolute Gasteiger partial charge is 0.275 e. The Hall–Kier alpha value is -2.34. The summed E-state index contributed by atoms with van der Waals surface area (Å²) >= 11 is 3.38. The fraction of sp³-hybridized carbons (Fsp3) is 0.176. The van der Waals surface area contributed by atoms with Crippen molar-refractivity contribution < 1.29 is 14.3 Å². The molecule has 2 rings (SSSR count). The second-order valence-corrected chi connectivity index (χ2v) is 5.63. The van der Waals surface area contributed by atoms with Gasteiger partial charge in [0, 0.05) is 10.5 Å². The maximum absolute atomic E-state index is 12.3. The van der Waals surface area contributed by atoms with Crippen LogP contribution in [0.5, 0.6) is 11.5 Å². The van der Waals surface area contributed by atoms with E-state index < -0.39 is 0 Å². The van der Waals surface area contributed by atoms with Crippen LogP contribution in [0, 0.1) is 0 Å². The van der Waals surface area contributed by atoms with Crippen LogP contribution in [0.1, 0.15) is 22.8 Å². The molecule has 0 saturated heterocycles. The first kappa shape index (κ1) is 17.0. The number of methoxy groups -OCH3 is 2.